The number of nitrogens with zero attached hydrogens (tertiary/aromatic N) is 2. The summed E-state index contributed by atoms with van der Waals surface area (Å²) in [6, 6.07) is 30.2. The lowest BCUT2D eigenvalue weighted by Crippen LogP contribution is -2.38. The molecule has 3 atom stereocenters. The fraction of sp³-hybridized carbons (Fsp3) is 0.375. The number of amides is 1. The standard InChI is InChI=1S/C40H47N3O6/c1-43(24-22-34-10-7-8-23-41-34)27-35-25-37(31-16-14-29(28-44)15-17-31)49-40(48-35)32-20-18-30(19-21-32)36-11-6-5-9-33(36)26-42-38(45)12-3-2-4-13-39(46)47/h5-11,14-21,23,35,37,40,44H,2-4,12-13,22,24-28H2,1H3,(H,42,45)(H,46,47). The maximum absolute atomic E-state index is 12.5. The molecule has 1 amide bonds. The predicted octanol–water partition coefficient (Wildman–Crippen LogP) is 6.61. The highest BCUT2D eigenvalue weighted by atomic mass is 16.7. The number of rotatable bonds is 17. The number of carboxylic acid groups (broad SMARTS) is 1. The van der Waals surface area contributed by atoms with Gasteiger partial charge in [0.25, 0.3) is 0 Å². The largest absolute Gasteiger partial charge is 0.481 e. The zero-order chi connectivity index (χ0) is 34.4. The number of benzene rings is 3. The van der Waals surface area contributed by atoms with E-state index in [9.17, 15) is 14.7 Å². The van der Waals surface area contributed by atoms with Crippen LogP contribution < -0.4 is 5.32 Å². The number of likely N-dealkylation sites (N-methyl/N-ethyl adjacent to an activating group) is 1. The molecule has 4 aromatic rings. The van der Waals surface area contributed by atoms with E-state index in [2.05, 4.69) is 46.5 Å². The van der Waals surface area contributed by atoms with Crippen LogP contribution in [-0.4, -0.2) is 58.2 Å². The van der Waals surface area contributed by atoms with Crippen molar-refractivity contribution >= 4 is 11.9 Å². The molecule has 1 aliphatic rings. The molecular formula is C40H47N3O6. The number of aromatic nitrogens is 1. The molecule has 9 nitrogen and oxygen atoms in total. The molecular weight excluding hydrogens is 618 g/mol. The zero-order valence-corrected chi connectivity index (χ0v) is 28.2. The third-order valence-corrected chi connectivity index (χ3v) is 8.89. The van der Waals surface area contributed by atoms with Gasteiger partial charge in [0.05, 0.1) is 18.8 Å². The molecule has 3 aromatic carbocycles. The highest BCUT2D eigenvalue weighted by molar-refractivity contribution is 5.76. The summed E-state index contributed by atoms with van der Waals surface area (Å²) in [6.45, 7) is 2.02. The van der Waals surface area contributed by atoms with Gasteiger partial charge in [0.15, 0.2) is 6.29 Å². The van der Waals surface area contributed by atoms with Crippen molar-refractivity contribution in [2.45, 2.75) is 76.6 Å². The first-order valence-corrected chi connectivity index (χ1v) is 17.1. The molecule has 3 N–H and O–H groups in total. The van der Waals surface area contributed by atoms with Gasteiger partial charge in [-0.2, -0.15) is 0 Å². The van der Waals surface area contributed by atoms with Crippen LogP contribution in [0.25, 0.3) is 11.1 Å². The first kappa shape index (κ1) is 35.9. The first-order valence-electron chi connectivity index (χ1n) is 17.1. The summed E-state index contributed by atoms with van der Waals surface area (Å²) in [4.78, 5) is 29.9. The van der Waals surface area contributed by atoms with Crippen LogP contribution in [0.2, 0.25) is 0 Å². The van der Waals surface area contributed by atoms with Crippen LogP contribution in [0.4, 0.5) is 0 Å². The van der Waals surface area contributed by atoms with E-state index >= 15 is 0 Å². The molecule has 0 saturated carbocycles. The van der Waals surface area contributed by atoms with Crippen LogP contribution in [0.1, 0.15) is 78.9 Å². The third kappa shape index (κ3) is 11.1. The molecule has 5 rings (SSSR count). The summed E-state index contributed by atoms with van der Waals surface area (Å²) in [5, 5.41) is 21.4. The van der Waals surface area contributed by atoms with Crippen molar-refractivity contribution in [3.05, 3.63) is 125 Å². The first-order chi connectivity index (χ1) is 23.9. The number of ether oxygens (including phenoxy) is 2. The van der Waals surface area contributed by atoms with Crippen LogP contribution in [-0.2, 0) is 38.6 Å². The number of aliphatic carboxylic acids is 1. The van der Waals surface area contributed by atoms with E-state index in [1.807, 2.05) is 72.9 Å². The van der Waals surface area contributed by atoms with Gasteiger partial charge in [-0.25, -0.2) is 0 Å². The molecule has 49 heavy (non-hydrogen) atoms. The van der Waals surface area contributed by atoms with E-state index in [1.165, 1.54) is 0 Å². The van der Waals surface area contributed by atoms with Gasteiger partial charge in [0.2, 0.25) is 5.91 Å². The average molecular weight is 666 g/mol. The minimum atomic E-state index is -0.803. The SMILES string of the molecule is CN(CCc1ccccn1)CC1CC(c2ccc(CO)cc2)OC(c2ccc(-c3ccccc3CNC(=O)CCCCCC(=O)O)cc2)O1. The van der Waals surface area contributed by atoms with E-state index in [0.717, 1.165) is 65.0 Å². The molecule has 1 aromatic heterocycles. The normalized spacial score (nSPS) is 17.6. The van der Waals surface area contributed by atoms with Gasteiger partial charge in [-0.3, -0.25) is 14.6 Å². The Morgan fingerprint density at radius 2 is 1.61 bits per heavy atom. The van der Waals surface area contributed by atoms with Crippen LogP contribution in [0, 0.1) is 0 Å². The number of unbranched alkanes of at least 4 members (excludes halogenated alkanes) is 2. The Morgan fingerprint density at radius 1 is 0.878 bits per heavy atom. The number of pyridine rings is 1. The molecule has 2 heterocycles. The van der Waals surface area contributed by atoms with Crippen molar-refractivity contribution in [3.63, 3.8) is 0 Å². The number of carbonyl (C=O) groups excluding carboxylic acids is 1. The zero-order valence-electron chi connectivity index (χ0n) is 28.2. The number of aliphatic hydroxyl groups is 1. The van der Waals surface area contributed by atoms with Gasteiger partial charge in [-0.15, -0.1) is 0 Å². The lowest BCUT2D eigenvalue weighted by molar-refractivity contribution is -0.252. The van der Waals surface area contributed by atoms with Gasteiger partial charge >= 0.3 is 5.97 Å². The Hall–Kier alpha value is -4.41. The van der Waals surface area contributed by atoms with Crippen molar-refractivity contribution in [3.8, 4) is 11.1 Å². The van der Waals surface area contributed by atoms with Crippen LogP contribution >= 0.6 is 0 Å². The molecule has 0 radical (unpaired) electrons. The maximum atomic E-state index is 12.5. The van der Waals surface area contributed by atoms with E-state index in [1.54, 1.807) is 0 Å². The molecule has 0 bridgehead atoms. The van der Waals surface area contributed by atoms with Gasteiger partial charge < -0.3 is 29.9 Å². The Morgan fingerprint density at radius 3 is 2.35 bits per heavy atom. The molecule has 1 fully saturated rings. The van der Waals surface area contributed by atoms with Crippen molar-refractivity contribution in [2.75, 3.05) is 20.1 Å². The van der Waals surface area contributed by atoms with Crippen LogP contribution in [0.3, 0.4) is 0 Å². The number of carboxylic acids is 1. The highest BCUT2D eigenvalue weighted by Crippen LogP contribution is 2.38. The summed E-state index contributed by atoms with van der Waals surface area (Å²) in [5.41, 5.74) is 6.99. The highest BCUT2D eigenvalue weighted by Gasteiger charge is 2.32. The lowest BCUT2D eigenvalue weighted by atomic mass is 9.97. The fourth-order valence-electron chi connectivity index (χ4n) is 6.12. The quantitative estimate of drug-likeness (QED) is 0.108. The van der Waals surface area contributed by atoms with E-state index < -0.39 is 12.3 Å². The van der Waals surface area contributed by atoms with Crippen LogP contribution in [0.5, 0.6) is 0 Å². The van der Waals surface area contributed by atoms with Crippen molar-refractivity contribution < 1.29 is 29.3 Å². The molecule has 1 saturated heterocycles. The average Bonchev–Trinajstić information content (AvgIpc) is 3.13. The lowest BCUT2D eigenvalue weighted by Gasteiger charge is -2.38. The van der Waals surface area contributed by atoms with Crippen molar-refractivity contribution in [2.24, 2.45) is 0 Å². The number of nitrogens with one attached hydrogen (secondary N) is 1. The topological polar surface area (TPSA) is 121 Å². The molecule has 1 aliphatic heterocycles. The molecule has 258 valence electrons. The second-order valence-corrected chi connectivity index (χ2v) is 12.7. The van der Waals surface area contributed by atoms with Gasteiger partial charge in [0, 0.05) is 62.8 Å². The number of aliphatic hydroxyl groups excluding tert-OH is 1. The monoisotopic (exact) mass is 665 g/mol. The number of carbonyl (C=O) groups is 2. The van der Waals surface area contributed by atoms with E-state index in [0.29, 0.717) is 32.2 Å². The van der Waals surface area contributed by atoms with Gasteiger partial charge in [0.1, 0.15) is 0 Å². The summed E-state index contributed by atoms with van der Waals surface area (Å²) in [7, 11) is 2.11. The number of hydrogen-bond acceptors (Lipinski definition) is 7. The second-order valence-electron chi connectivity index (χ2n) is 12.7. The fourth-order valence-corrected chi connectivity index (χ4v) is 6.12. The summed E-state index contributed by atoms with van der Waals surface area (Å²) in [5.74, 6) is -0.841. The Kier molecular flexibility index (Phi) is 13.5. The molecule has 0 aliphatic carbocycles. The number of hydrogen-bond donors (Lipinski definition) is 3. The van der Waals surface area contributed by atoms with Gasteiger partial charge in [-0.05, 0) is 59.8 Å². The van der Waals surface area contributed by atoms with Crippen LogP contribution in [0.15, 0.2) is 97.2 Å². The third-order valence-electron chi connectivity index (χ3n) is 8.89. The van der Waals surface area contributed by atoms with Gasteiger partial charge in [-0.1, -0.05) is 85.3 Å². The second kappa shape index (κ2) is 18.4. The molecule has 3 unspecified atom stereocenters. The Balaban J connectivity index is 1.24. The summed E-state index contributed by atoms with van der Waals surface area (Å²) in [6.07, 6.45) is 5.11. The molecule has 0 spiro atoms. The summed E-state index contributed by atoms with van der Waals surface area (Å²) < 4.78 is 13.2. The van der Waals surface area contributed by atoms with E-state index in [4.69, 9.17) is 14.6 Å². The maximum Gasteiger partial charge on any atom is 0.303 e. The Labute approximate surface area is 288 Å². The van der Waals surface area contributed by atoms with Crippen molar-refractivity contribution in [1.29, 1.82) is 0 Å². The predicted molar refractivity (Wildman–Crippen MR) is 188 cm³/mol. The minimum absolute atomic E-state index is 0.000733. The summed E-state index contributed by atoms with van der Waals surface area (Å²) >= 11 is 0. The van der Waals surface area contributed by atoms with Crippen molar-refractivity contribution in [1.82, 2.24) is 15.2 Å². The smallest absolute Gasteiger partial charge is 0.303 e. The minimum Gasteiger partial charge on any atom is -0.481 e. The molecule has 9 heteroatoms. The van der Waals surface area contributed by atoms with E-state index in [-0.39, 0.29) is 31.1 Å². The Bertz CT molecular complexity index is 1610.